The molecule has 2 aliphatic rings. The summed E-state index contributed by atoms with van der Waals surface area (Å²) in [5.74, 6) is 3.71. The van der Waals surface area contributed by atoms with Crippen LogP contribution in [0.3, 0.4) is 0 Å². The second-order valence-electron chi connectivity index (χ2n) is 9.86. The predicted octanol–water partition coefficient (Wildman–Crippen LogP) is 4.37. The van der Waals surface area contributed by atoms with Gasteiger partial charge < -0.3 is 15.0 Å². The molecular weight excluding hydrogens is 422 g/mol. The Morgan fingerprint density at radius 2 is 2.00 bits per heavy atom. The lowest BCUT2D eigenvalue weighted by molar-refractivity contribution is -0.123. The number of hydrogen-bond donors (Lipinski definition) is 1. The molecule has 1 amide bonds. The van der Waals surface area contributed by atoms with Gasteiger partial charge in [0.2, 0.25) is 5.91 Å². The number of rotatable bonds is 6. The summed E-state index contributed by atoms with van der Waals surface area (Å²) in [5, 5.41) is 3.50. The highest BCUT2D eigenvalue weighted by atomic mass is 16.5. The fraction of sp³-hybridized carbons (Fsp3) is 0.483. The van der Waals surface area contributed by atoms with E-state index in [1.807, 2.05) is 36.2 Å². The predicted molar refractivity (Wildman–Crippen MR) is 138 cm³/mol. The van der Waals surface area contributed by atoms with E-state index in [0.717, 1.165) is 68.9 Å². The van der Waals surface area contributed by atoms with Crippen molar-refractivity contribution in [2.45, 2.75) is 58.2 Å². The van der Waals surface area contributed by atoms with Gasteiger partial charge in [-0.25, -0.2) is 0 Å². The smallest absolute Gasteiger partial charge is 0.229 e. The molecule has 1 aliphatic heterocycles. The number of benzene rings is 2. The zero-order chi connectivity index (χ0) is 24.1. The molecule has 2 aromatic rings. The zero-order valence-corrected chi connectivity index (χ0v) is 20.7. The number of nitrogens with zero attached hydrogens (tertiary/aromatic N) is 2. The van der Waals surface area contributed by atoms with E-state index in [-0.39, 0.29) is 17.9 Å². The zero-order valence-electron chi connectivity index (χ0n) is 20.7. The van der Waals surface area contributed by atoms with Gasteiger partial charge in [0.15, 0.2) is 0 Å². The molecular formula is C29H37N3O2. The number of hydrogen-bond acceptors (Lipinski definition) is 4. The number of aryl methyl sites for hydroxylation is 1. The van der Waals surface area contributed by atoms with Crippen LogP contribution in [0.5, 0.6) is 5.75 Å². The molecule has 5 heteroatoms. The van der Waals surface area contributed by atoms with Crippen molar-refractivity contribution in [2.75, 3.05) is 31.6 Å². The monoisotopic (exact) mass is 459 g/mol. The molecule has 1 heterocycles. The van der Waals surface area contributed by atoms with Crippen LogP contribution >= 0.6 is 0 Å². The highest BCUT2D eigenvalue weighted by Crippen LogP contribution is 2.31. The Kier molecular flexibility index (Phi) is 7.92. The van der Waals surface area contributed by atoms with E-state index in [1.54, 1.807) is 0 Å². The molecule has 1 atom stereocenters. The summed E-state index contributed by atoms with van der Waals surface area (Å²) in [7, 11) is 1.91. The molecule has 34 heavy (non-hydrogen) atoms. The third-order valence-corrected chi connectivity index (χ3v) is 7.22. The van der Waals surface area contributed by atoms with Crippen molar-refractivity contribution < 1.29 is 9.53 Å². The van der Waals surface area contributed by atoms with Crippen molar-refractivity contribution in [3.05, 3.63) is 59.2 Å². The molecule has 0 aromatic heterocycles. The first kappa shape index (κ1) is 24.3. The average Bonchev–Trinajstić information content (AvgIpc) is 2.85. The van der Waals surface area contributed by atoms with Gasteiger partial charge in [-0.3, -0.25) is 9.69 Å². The van der Waals surface area contributed by atoms with Crippen LogP contribution < -0.4 is 15.0 Å². The Balaban J connectivity index is 1.31. The molecule has 180 valence electrons. The largest absolute Gasteiger partial charge is 0.490 e. The summed E-state index contributed by atoms with van der Waals surface area (Å²) in [4.78, 5) is 17.6. The highest BCUT2D eigenvalue weighted by Gasteiger charge is 2.30. The van der Waals surface area contributed by atoms with Crippen molar-refractivity contribution in [3.8, 4) is 18.1 Å². The van der Waals surface area contributed by atoms with Crippen LogP contribution in [0.4, 0.5) is 5.69 Å². The first-order valence-electron chi connectivity index (χ1n) is 12.5. The van der Waals surface area contributed by atoms with Crippen LogP contribution in [0, 0.1) is 25.2 Å². The van der Waals surface area contributed by atoms with Gasteiger partial charge in [-0.05, 0) is 81.0 Å². The standard InChI is InChI=1S/C29H37N3O2/c1-5-23-7-6-8-28(18-23)34-27-13-10-24(11-14-27)29(33)31(4)26-12-9-25(21(2)17-26)20-32-16-15-30-22(3)19-32/h1,6-9,12,17-18,22,24,27,30H,10-11,13-16,19-20H2,2-4H3/t22-,24?,27?/m0/s1. The Hall–Kier alpha value is -2.81. The van der Waals surface area contributed by atoms with E-state index < -0.39 is 0 Å². The van der Waals surface area contributed by atoms with Gasteiger partial charge in [-0.2, -0.15) is 0 Å². The topological polar surface area (TPSA) is 44.8 Å². The van der Waals surface area contributed by atoms with E-state index in [1.165, 1.54) is 11.1 Å². The molecule has 1 aliphatic carbocycles. The summed E-state index contributed by atoms with van der Waals surface area (Å²) in [6, 6.07) is 14.7. The minimum absolute atomic E-state index is 0.0456. The summed E-state index contributed by atoms with van der Waals surface area (Å²) in [5.41, 5.74) is 4.39. The second-order valence-corrected chi connectivity index (χ2v) is 9.86. The Bertz CT molecular complexity index is 1040. The first-order valence-corrected chi connectivity index (χ1v) is 12.5. The lowest BCUT2D eigenvalue weighted by Crippen LogP contribution is -2.48. The minimum atomic E-state index is 0.0456. The van der Waals surface area contributed by atoms with E-state index in [0.29, 0.717) is 6.04 Å². The molecule has 0 radical (unpaired) electrons. The molecule has 1 saturated carbocycles. The van der Waals surface area contributed by atoms with Crippen LogP contribution in [0.15, 0.2) is 42.5 Å². The van der Waals surface area contributed by atoms with Crippen LogP contribution in [0.25, 0.3) is 0 Å². The number of carbonyl (C=O) groups is 1. The SMILES string of the molecule is C#Cc1cccc(OC2CCC(C(=O)N(C)c3ccc(CN4CCN[C@@H](C)C4)c(C)c3)CC2)c1. The number of nitrogens with one attached hydrogen (secondary N) is 1. The van der Waals surface area contributed by atoms with Crippen molar-refractivity contribution in [3.63, 3.8) is 0 Å². The van der Waals surface area contributed by atoms with Gasteiger partial charge in [0.25, 0.3) is 0 Å². The normalized spacial score (nSPS) is 23.2. The fourth-order valence-corrected chi connectivity index (χ4v) is 5.14. The summed E-state index contributed by atoms with van der Waals surface area (Å²) < 4.78 is 6.14. The first-order chi connectivity index (χ1) is 16.4. The van der Waals surface area contributed by atoms with Gasteiger partial charge in [-0.1, -0.05) is 18.1 Å². The van der Waals surface area contributed by atoms with Gasteiger partial charge in [0, 0.05) is 56.4 Å². The van der Waals surface area contributed by atoms with Crippen molar-refractivity contribution in [1.82, 2.24) is 10.2 Å². The molecule has 0 spiro atoms. The Labute approximate surface area is 204 Å². The van der Waals surface area contributed by atoms with Gasteiger partial charge in [0.05, 0.1) is 6.10 Å². The number of anilines is 1. The number of piperazine rings is 1. The van der Waals surface area contributed by atoms with Crippen LogP contribution in [-0.2, 0) is 11.3 Å². The third-order valence-electron chi connectivity index (χ3n) is 7.22. The lowest BCUT2D eigenvalue weighted by Gasteiger charge is -2.32. The summed E-state index contributed by atoms with van der Waals surface area (Å²) in [6.45, 7) is 8.54. The van der Waals surface area contributed by atoms with Gasteiger partial charge in [0.1, 0.15) is 5.75 Å². The average molecular weight is 460 g/mol. The van der Waals surface area contributed by atoms with Crippen molar-refractivity contribution in [1.29, 1.82) is 0 Å². The number of ether oxygens (including phenoxy) is 1. The Morgan fingerprint density at radius 3 is 2.71 bits per heavy atom. The van der Waals surface area contributed by atoms with E-state index >= 15 is 0 Å². The summed E-state index contributed by atoms with van der Waals surface area (Å²) >= 11 is 0. The van der Waals surface area contributed by atoms with E-state index in [2.05, 4.69) is 48.2 Å². The summed E-state index contributed by atoms with van der Waals surface area (Å²) in [6.07, 6.45) is 9.09. The van der Waals surface area contributed by atoms with E-state index in [9.17, 15) is 4.79 Å². The van der Waals surface area contributed by atoms with Crippen LogP contribution in [0.2, 0.25) is 0 Å². The Morgan fingerprint density at radius 1 is 1.21 bits per heavy atom. The minimum Gasteiger partial charge on any atom is -0.490 e. The number of carbonyl (C=O) groups excluding carboxylic acids is 1. The molecule has 1 saturated heterocycles. The van der Waals surface area contributed by atoms with E-state index in [4.69, 9.17) is 11.2 Å². The van der Waals surface area contributed by atoms with Gasteiger partial charge in [-0.15, -0.1) is 6.42 Å². The highest BCUT2D eigenvalue weighted by molar-refractivity contribution is 5.94. The molecule has 5 nitrogen and oxygen atoms in total. The maximum Gasteiger partial charge on any atom is 0.229 e. The number of terminal acetylenes is 1. The molecule has 1 N–H and O–H groups in total. The van der Waals surface area contributed by atoms with Crippen LogP contribution in [0.1, 0.15) is 49.3 Å². The maximum atomic E-state index is 13.2. The second kappa shape index (κ2) is 11.1. The van der Waals surface area contributed by atoms with Gasteiger partial charge >= 0.3 is 0 Å². The maximum absolute atomic E-state index is 13.2. The third kappa shape index (κ3) is 6.00. The fourth-order valence-electron chi connectivity index (χ4n) is 5.14. The quantitative estimate of drug-likeness (QED) is 0.652. The molecule has 4 rings (SSSR count). The number of amides is 1. The molecule has 2 fully saturated rings. The molecule has 0 unspecified atom stereocenters. The van der Waals surface area contributed by atoms with Crippen molar-refractivity contribution in [2.24, 2.45) is 5.92 Å². The lowest BCUT2D eigenvalue weighted by atomic mass is 9.86. The molecule has 2 aromatic carbocycles. The van der Waals surface area contributed by atoms with Crippen LogP contribution in [-0.4, -0.2) is 49.6 Å². The molecule has 0 bridgehead atoms. The van der Waals surface area contributed by atoms with Crippen molar-refractivity contribution >= 4 is 11.6 Å².